The number of cyclic esters (lactones) is 1. The molecule has 124 valence electrons. The van der Waals surface area contributed by atoms with Gasteiger partial charge in [0.15, 0.2) is 15.1 Å². The van der Waals surface area contributed by atoms with Crippen LogP contribution in [0.5, 0.6) is 0 Å². The predicted octanol–water partition coefficient (Wildman–Crippen LogP) is 2.87. The Labute approximate surface area is 139 Å². The average Bonchev–Trinajstić information content (AvgIpc) is 2.82. The highest BCUT2D eigenvalue weighted by molar-refractivity contribution is 7.92. The molecule has 0 spiro atoms. The molecule has 6 heteroatoms. The van der Waals surface area contributed by atoms with Crippen LogP contribution in [0.1, 0.15) is 38.7 Å². The fourth-order valence-electron chi connectivity index (χ4n) is 2.82. The number of ether oxygens (including phenoxy) is 1. The molecule has 1 aromatic carbocycles. The Morgan fingerprint density at radius 3 is 2.32 bits per heavy atom. The molecule has 2 atom stereocenters. The Morgan fingerprint density at radius 1 is 1.14 bits per heavy atom. The summed E-state index contributed by atoms with van der Waals surface area (Å²) in [5, 5.41) is -1.05. The summed E-state index contributed by atoms with van der Waals surface area (Å²) in [4.78, 5) is 12.1. The summed E-state index contributed by atoms with van der Waals surface area (Å²) in [5.74, 6) is -0.839. The summed E-state index contributed by atoms with van der Waals surface area (Å²) in [7, 11) is -3.67. The van der Waals surface area contributed by atoms with E-state index in [0.29, 0.717) is 6.42 Å². The van der Waals surface area contributed by atoms with Crippen molar-refractivity contribution in [2.45, 2.75) is 49.7 Å². The molecule has 1 unspecified atom stereocenters. The van der Waals surface area contributed by atoms with Crippen LogP contribution in [0.15, 0.2) is 29.2 Å². The van der Waals surface area contributed by atoms with E-state index in [0.717, 1.165) is 24.8 Å². The molecule has 0 aromatic heterocycles. The summed E-state index contributed by atoms with van der Waals surface area (Å²) < 4.78 is 30.4. The molecule has 1 heterocycles. The van der Waals surface area contributed by atoms with E-state index in [-0.39, 0.29) is 30.9 Å². The van der Waals surface area contributed by atoms with Gasteiger partial charge >= 0.3 is 5.97 Å². The molecule has 0 saturated carbocycles. The van der Waals surface area contributed by atoms with Gasteiger partial charge in [0.1, 0.15) is 0 Å². The van der Waals surface area contributed by atoms with Gasteiger partial charge in [0.2, 0.25) is 0 Å². The third kappa shape index (κ3) is 3.84. The van der Waals surface area contributed by atoms with Crippen molar-refractivity contribution < 1.29 is 17.9 Å². The van der Waals surface area contributed by atoms with E-state index in [4.69, 9.17) is 4.74 Å². The van der Waals surface area contributed by atoms with Crippen LogP contribution < -0.4 is 0 Å². The summed E-state index contributed by atoms with van der Waals surface area (Å²) in [6.07, 6.45) is 3.45. The fraction of sp³-hybridized carbons (Fsp3) is 0.562. The molecule has 1 aliphatic rings. The minimum atomic E-state index is -3.67. The summed E-state index contributed by atoms with van der Waals surface area (Å²) in [6.45, 7) is 4.27. The highest BCUT2D eigenvalue weighted by Crippen LogP contribution is 2.30. The molecule has 22 heavy (non-hydrogen) atoms. The number of carbonyl (C=O) groups is 1. The largest absolute Gasteiger partial charge is 0.464 e. The van der Waals surface area contributed by atoms with E-state index in [1.165, 1.54) is 0 Å². The van der Waals surface area contributed by atoms with Crippen molar-refractivity contribution in [2.24, 2.45) is 5.92 Å². The second kappa shape index (κ2) is 8.02. The number of rotatable bonds is 6. The first-order valence-electron chi connectivity index (χ1n) is 7.50. The molecule has 0 bridgehead atoms. The fourth-order valence-corrected chi connectivity index (χ4v) is 4.67. The van der Waals surface area contributed by atoms with Crippen molar-refractivity contribution in [3.8, 4) is 0 Å². The third-order valence-corrected chi connectivity index (χ3v) is 6.06. The molecule has 0 aliphatic carbocycles. The van der Waals surface area contributed by atoms with Gasteiger partial charge in [0.25, 0.3) is 0 Å². The maximum Gasteiger partial charge on any atom is 0.325 e. The number of hydrogen-bond acceptors (Lipinski definition) is 4. The zero-order chi connectivity index (χ0) is 15.5. The van der Waals surface area contributed by atoms with E-state index >= 15 is 0 Å². The monoisotopic (exact) mass is 344 g/mol. The van der Waals surface area contributed by atoms with Crippen LogP contribution >= 0.6 is 13.5 Å². The van der Waals surface area contributed by atoms with Gasteiger partial charge in [-0.3, -0.25) is 4.79 Å². The van der Waals surface area contributed by atoms with Gasteiger partial charge in [-0.1, -0.05) is 38.8 Å². The van der Waals surface area contributed by atoms with Crippen molar-refractivity contribution in [1.82, 2.24) is 0 Å². The maximum atomic E-state index is 12.7. The molecular weight excluding hydrogens is 320 g/mol. The first kappa shape index (κ1) is 19.0. The number of esters is 1. The highest BCUT2D eigenvalue weighted by Gasteiger charge is 2.46. The van der Waals surface area contributed by atoms with Crippen molar-refractivity contribution in [1.29, 1.82) is 0 Å². The molecule has 1 aliphatic heterocycles. The highest BCUT2D eigenvalue weighted by atomic mass is 32.2. The van der Waals surface area contributed by atoms with E-state index in [9.17, 15) is 13.2 Å². The predicted molar refractivity (Wildman–Crippen MR) is 91.1 cm³/mol. The molecule has 0 amide bonds. The summed E-state index contributed by atoms with van der Waals surface area (Å²) in [6, 6.07) is 6.86. The molecule has 0 N–H and O–H groups in total. The first-order chi connectivity index (χ1) is 10.0. The molecule has 1 aromatic rings. The summed E-state index contributed by atoms with van der Waals surface area (Å²) >= 11 is 0. The Morgan fingerprint density at radius 2 is 1.77 bits per heavy atom. The standard InChI is InChI=1S/C16H22O4S.H2S/c1-3-5-12-7-9-14(10-8-12)21(18,19)15-13(6-4-2)11-20-16(15)17;/h7-10,13,15H,3-6,11H2,1-2H3;1H2/t13-,15?;/m0./s1. The molecule has 1 saturated heterocycles. The lowest BCUT2D eigenvalue weighted by atomic mass is 10.0. The van der Waals surface area contributed by atoms with E-state index in [2.05, 4.69) is 6.92 Å². The number of benzene rings is 1. The third-order valence-electron chi connectivity index (χ3n) is 3.88. The first-order valence-corrected chi connectivity index (χ1v) is 9.04. The zero-order valence-corrected chi connectivity index (χ0v) is 14.9. The van der Waals surface area contributed by atoms with Crippen LogP contribution in [0, 0.1) is 5.92 Å². The average molecular weight is 344 g/mol. The number of sulfone groups is 1. The maximum absolute atomic E-state index is 12.7. The van der Waals surface area contributed by atoms with Crippen molar-refractivity contribution >= 4 is 29.3 Å². The number of aryl methyl sites for hydroxylation is 1. The second-order valence-corrected chi connectivity index (χ2v) is 7.61. The van der Waals surface area contributed by atoms with Crippen LogP contribution in [0.4, 0.5) is 0 Å². The van der Waals surface area contributed by atoms with Gasteiger partial charge in [-0.05, 0) is 30.5 Å². The van der Waals surface area contributed by atoms with Gasteiger partial charge in [0, 0.05) is 5.92 Å². The van der Waals surface area contributed by atoms with Gasteiger partial charge in [-0.25, -0.2) is 8.42 Å². The molecule has 0 radical (unpaired) electrons. The van der Waals surface area contributed by atoms with Gasteiger partial charge < -0.3 is 4.74 Å². The molecule has 2 rings (SSSR count). The van der Waals surface area contributed by atoms with Crippen molar-refractivity contribution in [2.75, 3.05) is 6.61 Å². The Kier molecular flexibility index (Phi) is 6.94. The van der Waals surface area contributed by atoms with Crippen LogP contribution in [-0.4, -0.2) is 26.2 Å². The Balaban J connectivity index is 0.00000242. The molecular formula is C16H24O4S2. The minimum absolute atomic E-state index is 0. The quantitative estimate of drug-likeness (QED) is 0.745. The zero-order valence-electron chi connectivity index (χ0n) is 13.0. The lowest BCUT2D eigenvalue weighted by molar-refractivity contribution is -0.137. The van der Waals surface area contributed by atoms with Gasteiger partial charge in [-0.2, -0.15) is 13.5 Å². The number of carbonyl (C=O) groups excluding carboxylic acids is 1. The molecule has 4 nitrogen and oxygen atoms in total. The topological polar surface area (TPSA) is 60.4 Å². The normalized spacial score (nSPS) is 21.3. The number of hydrogen-bond donors (Lipinski definition) is 0. The van der Waals surface area contributed by atoms with Crippen molar-refractivity contribution in [3.05, 3.63) is 29.8 Å². The Bertz CT molecular complexity index is 593. The lowest BCUT2D eigenvalue weighted by Gasteiger charge is -2.15. The van der Waals surface area contributed by atoms with Crippen LogP contribution in [0.3, 0.4) is 0 Å². The minimum Gasteiger partial charge on any atom is -0.464 e. The Hall–Kier alpha value is -1.01. The second-order valence-electron chi connectivity index (χ2n) is 5.54. The van der Waals surface area contributed by atoms with Gasteiger partial charge in [0.05, 0.1) is 11.5 Å². The molecule has 1 fully saturated rings. The lowest BCUT2D eigenvalue weighted by Crippen LogP contribution is -2.32. The van der Waals surface area contributed by atoms with Crippen LogP contribution in [0.2, 0.25) is 0 Å². The van der Waals surface area contributed by atoms with Crippen LogP contribution in [-0.2, 0) is 25.8 Å². The van der Waals surface area contributed by atoms with Crippen molar-refractivity contribution in [3.63, 3.8) is 0 Å². The summed E-state index contributed by atoms with van der Waals surface area (Å²) in [5.41, 5.74) is 1.11. The van der Waals surface area contributed by atoms with E-state index in [1.807, 2.05) is 19.1 Å². The van der Waals surface area contributed by atoms with Gasteiger partial charge in [-0.15, -0.1) is 0 Å². The van der Waals surface area contributed by atoms with E-state index < -0.39 is 21.1 Å². The van der Waals surface area contributed by atoms with E-state index in [1.54, 1.807) is 12.1 Å². The SMILES string of the molecule is CCCc1ccc(S(=O)(=O)C2C(=O)OC[C@@H]2CCC)cc1.S. The smallest absolute Gasteiger partial charge is 0.325 e. The van der Waals surface area contributed by atoms with Crippen LogP contribution in [0.25, 0.3) is 0 Å².